The topological polar surface area (TPSA) is 200 Å². The van der Waals surface area contributed by atoms with Gasteiger partial charge in [-0.3, -0.25) is 9.59 Å². The zero-order valence-electron chi connectivity index (χ0n) is 43.4. The average molecular weight is 1130 g/mol. The van der Waals surface area contributed by atoms with Crippen LogP contribution in [0.4, 0.5) is 22.4 Å². The second-order valence-electron chi connectivity index (χ2n) is 20.4. The summed E-state index contributed by atoms with van der Waals surface area (Å²) >= 11 is 13.2. The fourth-order valence-electron chi connectivity index (χ4n) is 9.30. The molecule has 4 aliphatic heterocycles. The molecule has 12 rings (SSSR count). The molecular weight excluding hydrogens is 1070 g/mol. The average Bonchev–Trinajstić information content (AvgIpc) is 4.57. The maximum atomic E-state index is 15.4. The molecule has 0 saturated heterocycles. The predicted molar refractivity (Wildman–Crippen MR) is 285 cm³/mol. The molecule has 21 heteroatoms. The number of alkyl halides is 3. The van der Waals surface area contributed by atoms with E-state index in [9.17, 15) is 29.0 Å². The number of halogens is 6. The summed E-state index contributed by atoms with van der Waals surface area (Å²) in [6, 6.07) is 25.0. The van der Waals surface area contributed by atoms with Gasteiger partial charge in [-0.05, 0) is 160 Å². The lowest BCUT2D eigenvalue weighted by Gasteiger charge is -2.33. The van der Waals surface area contributed by atoms with Crippen LogP contribution in [0.15, 0.2) is 103 Å². The summed E-state index contributed by atoms with van der Waals surface area (Å²) in [4.78, 5) is 49.9. The number of nitrogens with zero attached hydrogens (tertiary/aromatic N) is 2. The minimum atomic E-state index is -5.46. The van der Waals surface area contributed by atoms with Crippen molar-refractivity contribution in [1.29, 1.82) is 0 Å². The largest absolute Gasteiger partial charge is 0.494 e. The van der Waals surface area contributed by atoms with Crippen molar-refractivity contribution in [3.05, 3.63) is 153 Å². The van der Waals surface area contributed by atoms with Crippen molar-refractivity contribution >= 4 is 41.1 Å². The first-order valence-electron chi connectivity index (χ1n) is 25.5. The lowest BCUT2D eigenvalue weighted by atomic mass is 9.88. The number of benzene rings is 4. The van der Waals surface area contributed by atoms with Crippen molar-refractivity contribution in [1.82, 2.24) is 25.9 Å². The van der Waals surface area contributed by atoms with Crippen molar-refractivity contribution in [2.75, 3.05) is 40.5 Å². The molecule has 2 saturated carbocycles. The van der Waals surface area contributed by atoms with E-state index in [1.165, 1.54) is 58.4 Å². The number of methoxy groups -OCH3 is 2. The highest BCUT2D eigenvalue weighted by Crippen LogP contribution is 2.47. The minimum absolute atomic E-state index is 0.00722. The van der Waals surface area contributed by atoms with Gasteiger partial charge in [-0.15, -0.1) is 0 Å². The summed E-state index contributed by atoms with van der Waals surface area (Å²) in [5.74, 6) is -1.44. The smallest absolute Gasteiger partial charge is 0.424 e. The molecule has 4 aromatic carbocycles. The molecule has 5 N–H and O–H groups in total. The van der Waals surface area contributed by atoms with Crippen LogP contribution in [-0.4, -0.2) is 90.9 Å². The maximum absolute atomic E-state index is 15.4. The zero-order valence-corrected chi connectivity index (χ0v) is 45.0. The van der Waals surface area contributed by atoms with E-state index in [2.05, 4.69) is 20.9 Å². The van der Waals surface area contributed by atoms with Gasteiger partial charge < -0.3 is 49.8 Å². The van der Waals surface area contributed by atoms with Crippen LogP contribution < -0.4 is 34.9 Å². The molecule has 6 bridgehead atoms. The number of aliphatic hydroxyl groups is 2. The Labute approximate surface area is 462 Å². The fourth-order valence-corrected chi connectivity index (χ4v) is 9.82. The molecule has 0 radical (unpaired) electrons. The number of hydrogen-bond acceptors (Lipinski definition) is 12. The summed E-state index contributed by atoms with van der Waals surface area (Å²) in [6.07, 6.45) is -2.47. The molecule has 6 aromatic rings. The molecule has 0 spiro atoms. The SMILES string of the molecule is COc1cc(C(=O)NCC(O)(c2cc(C(C)(C)NC(=O)OCC3CCCOc4ccc(cc4)C(=O)NCC(O)(C4CC4)c4ccc(OC)c(n4)-c4ccc3c(Cl)c4)cc(-c3ccc(F)c(Cl)c3)n2)C(F)(F)F)ccc1OC1CC1. The third-order valence-electron chi connectivity index (χ3n) is 14.3. The van der Waals surface area contributed by atoms with Crippen LogP contribution in [0.25, 0.3) is 22.5 Å². The van der Waals surface area contributed by atoms with Gasteiger partial charge in [0.2, 0.25) is 5.60 Å². The van der Waals surface area contributed by atoms with Crippen LogP contribution >= 0.6 is 23.2 Å². The molecule has 2 aromatic heterocycles. The molecule has 3 amide bonds. The van der Waals surface area contributed by atoms with Crippen LogP contribution in [0.1, 0.15) is 102 Å². The number of carbonyl (C=O) groups excluding carboxylic acids is 3. The van der Waals surface area contributed by atoms with Gasteiger partial charge in [0.25, 0.3) is 11.8 Å². The van der Waals surface area contributed by atoms with E-state index >= 15 is 13.2 Å². The number of hydrogen-bond donors (Lipinski definition) is 5. The van der Waals surface area contributed by atoms with Crippen LogP contribution in [0, 0.1) is 11.7 Å². The van der Waals surface area contributed by atoms with E-state index in [1.807, 2.05) is 0 Å². The van der Waals surface area contributed by atoms with Crippen LogP contribution in [0.3, 0.4) is 0 Å². The standard InChI is InChI=1S/C58H57Cl2F4N5O10/c1-55(2,38-27-45(33-10-19-44(61)43(60)24-33)67-50(28-38)57(74,58(62,63)64)31-66-53(71)35-11-20-46(48(26-35)76-4)79-40-16-17-40)69-54(72)78-29-36-6-5-23-77-39-14-7-32(8-15-39)52(70)65-30-56(73,37-12-13-37)49-22-21-47(75-3)51(68-49)34-9-18-41(36)42(59)25-34/h7-11,14-15,18-22,24-28,36-37,40,73-74H,5-6,12-13,16-17,23,29-31H2,1-4H3,(H,65,70)(H,66,71)(H,69,72). The monoisotopic (exact) mass is 1130 g/mol. The third-order valence-corrected chi connectivity index (χ3v) is 14.9. The Balaban J connectivity index is 0.990. The first-order valence-corrected chi connectivity index (χ1v) is 26.3. The highest BCUT2D eigenvalue weighted by molar-refractivity contribution is 6.31. The third kappa shape index (κ3) is 12.6. The van der Waals surface area contributed by atoms with Crippen molar-refractivity contribution in [3.8, 4) is 45.5 Å². The van der Waals surface area contributed by atoms with Gasteiger partial charge in [0.15, 0.2) is 11.5 Å². The molecule has 79 heavy (non-hydrogen) atoms. The van der Waals surface area contributed by atoms with Crippen molar-refractivity contribution < 1.29 is 65.8 Å². The molecule has 15 nitrogen and oxygen atoms in total. The van der Waals surface area contributed by atoms with Gasteiger partial charge in [0, 0.05) is 33.2 Å². The zero-order chi connectivity index (χ0) is 56.4. The molecule has 6 heterocycles. The molecule has 2 aliphatic carbocycles. The van der Waals surface area contributed by atoms with Crippen molar-refractivity contribution in [3.63, 3.8) is 0 Å². The Hall–Kier alpha value is -7.19. The molecular formula is C58H57Cl2F4N5O10. The summed E-state index contributed by atoms with van der Waals surface area (Å²) < 4.78 is 89.3. The van der Waals surface area contributed by atoms with E-state index in [0.717, 1.165) is 43.9 Å². The number of ether oxygens (including phenoxy) is 5. The number of amides is 3. The van der Waals surface area contributed by atoms with Crippen molar-refractivity contribution in [2.24, 2.45) is 5.92 Å². The van der Waals surface area contributed by atoms with E-state index in [0.29, 0.717) is 63.2 Å². The Morgan fingerprint density at radius 1 is 0.823 bits per heavy atom. The van der Waals surface area contributed by atoms with Gasteiger partial charge in [-0.25, -0.2) is 19.2 Å². The lowest BCUT2D eigenvalue weighted by molar-refractivity contribution is -0.265. The Morgan fingerprint density at radius 3 is 2.19 bits per heavy atom. The molecule has 2 fully saturated rings. The minimum Gasteiger partial charge on any atom is -0.494 e. The van der Waals surface area contributed by atoms with Gasteiger partial charge in [0.05, 0.1) is 67.7 Å². The number of aromatic nitrogens is 2. The number of pyridine rings is 2. The summed E-state index contributed by atoms with van der Waals surface area (Å²) in [5.41, 5.74) is -5.85. The van der Waals surface area contributed by atoms with E-state index in [1.54, 1.807) is 54.6 Å². The first kappa shape index (κ1) is 56.5. The quantitative estimate of drug-likeness (QED) is 0.0648. The van der Waals surface area contributed by atoms with Gasteiger partial charge in [0.1, 0.15) is 35.2 Å². The predicted octanol–water partition coefficient (Wildman–Crippen LogP) is 10.9. The van der Waals surface area contributed by atoms with Gasteiger partial charge in [-0.1, -0.05) is 35.3 Å². The second kappa shape index (κ2) is 22.9. The fraction of sp³-hybridized carbons (Fsp3) is 0.362. The number of alkyl carbamates (subject to hydrolysis) is 1. The highest BCUT2D eigenvalue weighted by Gasteiger charge is 2.57. The van der Waals surface area contributed by atoms with E-state index < -0.39 is 58.9 Å². The van der Waals surface area contributed by atoms with Gasteiger partial charge in [-0.2, -0.15) is 13.2 Å². The molecule has 6 aliphatic rings. The van der Waals surface area contributed by atoms with Crippen LogP contribution in [0.5, 0.6) is 23.0 Å². The number of carbonyl (C=O) groups is 3. The first-order chi connectivity index (χ1) is 37.6. The van der Waals surface area contributed by atoms with E-state index in [-0.39, 0.29) is 70.8 Å². The van der Waals surface area contributed by atoms with Crippen molar-refractivity contribution in [2.45, 2.75) is 87.3 Å². The lowest BCUT2D eigenvalue weighted by Crippen LogP contribution is -2.52. The summed E-state index contributed by atoms with van der Waals surface area (Å²) in [5, 5.41) is 31.6. The van der Waals surface area contributed by atoms with Crippen LogP contribution in [0.2, 0.25) is 10.0 Å². The molecule has 416 valence electrons. The Kier molecular flexibility index (Phi) is 16.4. The molecule has 3 atom stereocenters. The Morgan fingerprint density at radius 2 is 1.52 bits per heavy atom. The van der Waals surface area contributed by atoms with Crippen LogP contribution in [-0.2, 0) is 21.5 Å². The van der Waals surface area contributed by atoms with E-state index in [4.69, 9.17) is 51.9 Å². The van der Waals surface area contributed by atoms with Gasteiger partial charge >= 0.3 is 12.3 Å². The highest BCUT2D eigenvalue weighted by atomic mass is 35.5. The number of nitrogens with one attached hydrogen (secondary N) is 3. The number of rotatable bonds is 14. The normalized spacial score (nSPS) is 18.6. The summed E-state index contributed by atoms with van der Waals surface area (Å²) in [6.45, 7) is 1.45. The maximum Gasteiger partial charge on any atom is 0.424 e. The Bertz CT molecular complexity index is 3270. The molecule has 3 unspecified atom stereocenters. The second-order valence-corrected chi connectivity index (χ2v) is 21.2. The summed E-state index contributed by atoms with van der Waals surface area (Å²) in [7, 11) is 2.84.